The van der Waals surface area contributed by atoms with Crippen molar-refractivity contribution in [3.05, 3.63) is 64.0 Å². The Kier molecular flexibility index (Phi) is 3.17. The third-order valence-electron chi connectivity index (χ3n) is 3.06. The minimum atomic E-state index is -1.33. The van der Waals surface area contributed by atoms with E-state index >= 15 is 0 Å². The fourth-order valence-electron chi connectivity index (χ4n) is 2.11. The Morgan fingerprint density at radius 2 is 1.73 bits per heavy atom. The molecule has 0 radical (unpaired) electrons. The van der Waals surface area contributed by atoms with Gasteiger partial charge in [0.25, 0.3) is 0 Å². The largest absolute Gasteiger partial charge is 0.478 e. The van der Waals surface area contributed by atoms with Crippen LogP contribution in [0.4, 0.5) is 8.78 Å². The van der Waals surface area contributed by atoms with Crippen LogP contribution in [0, 0.1) is 11.6 Å². The van der Waals surface area contributed by atoms with Crippen molar-refractivity contribution in [3.8, 4) is 11.5 Å². The molecule has 0 bridgehead atoms. The average Bonchev–Trinajstić information content (AvgIpc) is 2.46. The predicted molar refractivity (Wildman–Crippen MR) is 72.6 cm³/mol. The molecule has 5 nitrogen and oxygen atoms in total. The molecular formula is C15H7F2NO4. The molecule has 1 N–H and O–H groups in total. The van der Waals surface area contributed by atoms with E-state index in [2.05, 4.69) is 4.98 Å². The lowest BCUT2D eigenvalue weighted by molar-refractivity contribution is 0.0698. The van der Waals surface area contributed by atoms with E-state index in [9.17, 15) is 18.4 Å². The molecule has 0 saturated carbocycles. The van der Waals surface area contributed by atoms with Crippen LogP contribution >= 0.6 is 0 Å². The van der Waals surface area contributed by atoms with Crippen LogP contribution in [-0.2, 0) is 0 Å². The smallest absolute Gasteiger partial charge is 0.347 e. The highest BCUT2D eigenvalue weighted by Crippen LogP contribution is 2.25. The van der Waals surface area contributed by atoms with Gasteiger partial charge in [0.2, 0.25) is 5.89 Å². The van der Waals surface area contributed by atoms with Crippen molar-refractivity contribution >= 4 is 16.9 Å². The molecule has 0 spiro atoms. The second kappa shape index (κ2) is 5.03. The minimum Gasteiger partial charge on any atom is -0.478 e. The Labute approximate surface area is 121 Å². The molecular weight excluding hydrogens is 296 g/mol. The molecule has 22 heavy (non-hydrogen) atoms. The molecule has 110 valence electrons. The summed E-state index contributed by atoms with van der Waals surface area (Å²) in [6.45, 7) is 0. The summed E-state index contributed by atoms with van der Waals surface area (Å²) in [6, 6.07) is 7.11. The number of nitrogens with zero attached hydrogens (tertiary/aromatic N) is 1. The van der Waals surface area contributed by atoms with Crippen molar-refractivity contribution in [3.63, 3.8) is 0 Å². The molecule has 0 aliphatic carbocycles. The number of aromatic carboxylic acids is 1. The first-order valence-electron chi connectivity index (χ1n) is 6.10. The SMILES string of the molecule is O=C(O)c1cccc2nc(-c3c(F)cccc3F)oc(=O)c12. The maximum absolute atomic E-state index is 13.7. The van der Waals surface area contributed by atoms with Gasteiger partial charge in [-0.25, -0.2) is 23.4 Å². The van der Waals surface area contributed by atoms with Crippen LogP contribution in [0.2, 0.25) is 0 Å². The number of fused-ring (bicyclic) bond motifs is 1. The first-order valence-corrected chi connectivity index (χ1v) is 6.10. The fourth-order valence-corrected chi connectivity index (χ4v) is 2.11. The van der Waals surface area contributed by atoms with Crippen LogP contribution in [-0.4, -0.2) is 16.1 Å². The summed E-state index contributed by atoms with van der Waals surface area (Å²) in [5, 5.41) is 8.80. The van der Waals surface area contributed by atoms with Gasteiger partial charge in [0.05, 0.1) is 11.1 Å². The maximum Gasteiger partial charge on any atom is 0.347 e. The number of hydrogen-bond acceptors (Lipinski definition) is 4. The molecule has 7 heteroatoms. The van der Waals surface area contributed by atoms with Gasteiger partial charge < -0.3 is 9.52 Å². The van der Waals surface area contributed by atoms with Gasteiger partial charge in [0.15, 0.2) is 0 Å². The van der Waals surface area contributed by atoms with E-state index in [1.54, 1.807) is 0 Å². The van der Waals surface area contributed by atoms with Gasteiger partial charge in [0.1, 0.15) is 22.6 Å². The summed E-state index contributed by atoms with van der Waals surface area (Å²) in [5.41, 5.74) is -1.92. The average molecular weight is 303 g/mol. The monoisotopic (exact) mass is 303 g/mol. The Morgan fingerprint density at radius 1 is 1.09 bits per heavy atom. The van der Waals surface area contributed by atoms with Crippen LogP contribution in [0.1, 0.15) is 10.4 Å². The molecule has 0 fully saturated rings. The summed E-state index contributed by atoms with van der Waals surface area (Å²) < 4.78 is 32.3. The number of carboxylic acids is 1. The van der Waals surface area contributed by atoms with Gasteiger partial charge in [-0.2, -0.15) is 0 Å². The zero-order chi connectivity index (χ0) is 15.9. The Balaban J connectivity index is 2.37. The van der Waals surface area contributed by atoms with Crippen molar-refractivity contribution in [1.82, 2.24) is 4.98 Å². The highest BCUT2D eigenvalue weighted by Gasteiger charge is 2.19. The van der Waals surface area contributed by atoms with Gasteiger partial charge in [-0.1, -0.05) is 12.1 Å². The molecule has 0 amide bonds. The third-order valence-corrected chi connectivity index (χ3v) is 3.06. The summed E-state index contributed by atoms with van der Waals surface area (Å²) >= 11 is 0. The van der Waals surface area contributed by atoms with E-state index in [4.69, 9.17) is 9.52 Å². The van der Waals surface area contributed by atoms with E-state index in [1.165, 1.54) is 18.2 Å². The topological polar surface area (TPSA) is 80.4 Å². The first-order chi connectivity index (χ1) is 10.5. The number of benzene rings is 2. The Hall–Kier alpha value is -3.09. The lowest BCUT2D eigenvalue weighted by atomic mass is 10.1. The van der Waals surface area contributed by atoms with Crippen LogP contribution < -0.4 is 5.63 Å². The zero-order valence-corrected chi connectivity index (χ0v) is 10.8. The molecule has 3 rings (SSSR count). The van der Waals surface area contributed by atoms with Gasteiger partial charge in [-0.15, -0.1) is 0 Å². The summed E-state index contributed by atoms with van der Waals surface area (Å²) in [4.78, 5) is 27.0. The van der Waals surface area contributed by atoms with Crippen LogP contribution in [0.3, 0.4) is 0 Å². The van der Waals surface area contributed by atoms with Crippen molar-refractivity contribution in [2.24, 2.45) is 0 Å². The van der Waals surface area contributed by atoms with E-state index in [1.807, 2.05) is 0 Å². The fraction of sp³-hybridized carbons (Fsp3) is 0. The Morgan fingerprint density at radius 3 is 2.36 bits per heavy atom. The van der Waals surface area contributed by atoms with Crippen LogP contribution in [0.15, 0.2) is 45.6 Å². The second-order valence-corrected chi connectivity index (χ2v) is 4.41. The van der Waals surface area contributed by atoms with Gasteiger partial charge >= 0.3 is 11.6 Å². The molecule has 3 aromatic rings. The van der Waals surface area contributed by atoms with Gasteiger partial charge in [-0.3, -0.25) is 0 Å². The maximum atomic E-state index is 13.7. The molecule has 0 aliphatic rings. The molecule has 0 unspecified atom stereocenters. The van der Waals surface area contributed by atoms with Crippen molar-refractivity contribution < 1.29 is 23.1 Å². The zero-order valence-electron chi connectivity index (χ0n) is 10.8. The highest BCUT2D eigenvalue weighted by atomic mass is 19.1. The highest BCUT2D eigenvalue weighted by molar-refractivity contribution is 6.02. The predicted octanol–water partition coefficient (Wildman–Crippen LogP) is 2.83. The number of halogens is 2. The van der Waals surface area contributed by atoms with Gasteiger partial charge in [0, 0.05) is 0 Å². The van der Waals surface area contributed by atoms with Crippen molar-refractivity contribution in [2.75, 3.05) is 0 Å². The molecule has 0 atom stereocenters. The minimum absolute atomic E-state index is 0.0196. The number of carboxylic acid groups (broad SMARTS) is 1. The first kappa shape index (κ1) is 13.9. The van der Waals surface area contributed by atoms with E-state index < -0.39 is 34.7 Å². The Bertz CT molecular complexity index is 945. The molecule has 0 saturated heterocycles. The van der Waals surface area contributed by atoms with Crippen LogP contribution in [0.5, 0.6) is 0 Å². The number of aromatic nitrogens is 1. The number of carbonyl (C=O) groups is 1. The van der Waals surface area contributed by atoms with E-state index in [-0.39, 0.29) is 16.5 Å². The van der Waals surface area contributed by atoms with Crippen molar-refractivity contribution in [1.29, 1.82) is 0 Å². The van der Waals surface area contributed by atoms with Crippen molar-refractivity contribution in [2.45, 2.75) is 0 Å². The van der Waals surface area contributed by atoms with E-state index in [0.29, 0.717) is 0 Å². The lowest BCUT2D eigenvalue weighted by Crippen LogP contribution is -2.10. The summed E-state index contributed by atoms with van der Waals surface area (Å²) in [7, 11) is 0. The molecule has 1 aromatic heterocycles. The summed E-state index contributed by atoms with van der Waals surface area (Å²) in [6.07, 6.45) is 0. The van der Waals surface area contributed by atoms with Crippen LogP contribution in [0.25, 0.3) is 22.4 Å². The second-order valence-electron chi connectivity index (χ2n) is 4.41. The quantitative estimate of drug-likeness (QED) is 0.787. The molecule has 0 aliphatic heterocycles. The normalized spacial score (nSPS) is 10.8. The third kappa shape index (κ3) is 2.12. The molecule has 1 heterocycles. The number of rotatable bonds is 2. The molecule has 2 aromatic carbocycles. The summed E-state index contributed by atoms with van der Waals surface area (Å²) in [5.74, 6) is -3.76. The lowest BCUT2D eigenvalue weighted by Gasteiger charge is -2.05. The van der Waals surface area contributed by atoms with Gasteiger partial charge in [-0.05, 0) is 24.3 Å². The van der Waals surface area contributed by atoms with E-state index in [0.717, 1.165) is 18.2 Å². The standard InChI is InChI=1S/C15H7F2NO4/c16-8-4-2-5-9(17)12(8)13-18-10-6-1-3-7(14(19)20)11(10)15(21)22-13/h1-6H,(H,19,20). The number of hydrogen-bond donors (Lipinski definition) is 1.